The monoisotopic (exact) mass is 574 g/mol. The Morgan fingerprint density at radius 1 is 0.407 bits per heavy atom. The summed E-state index contributed by atoms with van der Waals surface area (Å²) in [6, 6.07) is 0. The van der Waals surface area contributed by atoms with E-state index in [1.807, 2.05) is 83.1 Å². The molecule has 154 valence electrons. The van der Waals surface area contributed by atoms with E-state index in [-0.39, 0.29) is 50.4 Å². The van der Waals surface area contributed by atoms with E-state index < -0.39 is 21.7 Å². The topological polar surface area (TPSA) is 68.3 Å². The van der Waals surface area contributed by atoms with Gasteiger partial charge in [-0.05, 0) is 21.7 Å². The fourth-order valence-corrected chi connectivity index (χ4v) is 1.10. The van der Waals surface area contributed by atoms with Gasteiger partial charge in [0.25, 0.3) is 0 Å². The molecule has 0 spiro atoms. The molecule has 0 unspecified atom stereocenters. The van der Waals surface area contributed by atoms with Crippen LogP contribution in [0.3, 0.4) is 0 Å². The number of Topliss-reactive ketones (excluding diaryl/α,β-unsaturated/α-hetero) is 4. The fourth-order valence-electron chi connectivity index (χ4n) is 1.10. The van der Waals surface area contributed by atoms with Crippen LogP contribution in [0.15, 0.2) is 0 Å². The molecule has 0 aromatic rings. The van der Waals surface area contributed by atoms with Crippen molar-refractivity contribution >= 4 is 50.4 Å². The molecule has 27 heavy (non-hydrogen) atoms. The Bertz CT molecular complexity index is 435. The summed E-state index contributed by atoms with van der Waals surface area (Å²) < 4.78 is 0. The minimum atomic E-state index is -0.457. The number of carbonyl (C=O) groups excluding carboxylic acids is 4. The largest absolute Gasteiger partial charge is 2.00 e. The fraction of sp³-hybridized carbons (Fsp3) is 0.727. The Hall–Kier alpha value is -0.658. The summed E-state index contributed by atoms with van der Waals surface area (Å²) in [5, 5.41) is 0. The van der Waals surface area contributed by atoms with Crippen molar-refractivity contribution < 1.29 is 19.2 Å². The number of rotatable bonds is 4. The zero-order valence-corrected chi connectivity index (χ0v) is 23.2. The van der Waals surface area contributed by atoms with Crippen molar-refractivity contribution in [1.29, 1.82) is 0 Å². The van der Waals surface area contributed by atoms with Crippen LogP contribution in [0.25, 0.3) is 0 Å². The summed E-state index contributed by atoms with van der Waals surface area (Å²) >= 11 is 0. The predicted octanol–water partition coefficient (Wildman–Crippen LogP) is 4.46. The third kappa shape index (κ3) is 14.1. The van der Waals surface area contributed by atoms with Crippen molar-refractivity contribution in [2.24, 2.45) is 21.7 Å². The summed E-state index contributed by atoms with van der Waals surface area (Å²) in [6.45, 7) is 21.7. The average molecular weight is 574 g/mol. The van der Waals surface area contributed by atoms with Crippen LogP contribution in [0.2, 0.25) is 0 Å². The van der Waals surface area contributed by atoms with E-state index in [1.54, 1.807) is 0 Å². The first-order chi connectivity index (χ1) is 11.1. The molecule has 0 fully saturated rings. The second kappa shape index (κ2) is 10.8. The third-order valence-corrected chi connectivity index (χ3v) is 3.48. The summed E-state index contributed by atoms with van der Waals surface area (Å²) in [5.74, 6) is -0.417. The van der Waals surface area contributed by atoms with Crippen LogP contribution >= 0.6 is 0 Å². The molecule has 0 atom stereocenters. The van der Waals surface area contributed by atoms with Crippen LogP contribution in [0.5, 0.6) is 0 Å². The summed E-state index contributed by atoms with van der Waals surface area (Å²) in [7, 11) is 0. The minimum absolute atomic E-state index is 0. The van der Waals surface area contributed by atoms with Crippen LogP contribution in [-0.4, -0.2) is 50.4 Å². The van der Waals surface area contributed by atoms with E-state index in [2.05, 4.69) is 0 Å². The molecule has 0 bridgehead atoms. The SMILES string of the molecule is CC(C)(C)C(=O)[CH-]C(=O)C(C)(C)C.CC(C)(C)C(=O)[CH-]C(=O)C(C)(C)C.[Pb+2]. The molecule has 0 saturated heterocycles. The normalized spacial score (nSPS) is 12.0. The number of hydrogen-bond acceptors (Lipinski definition) is 4. The molecule has 0 aliphatic rings. The quantitative estimate of drug-likeness (QED) is 0.283. The maximum atomic E-state index is 11.4. The van der Waals surface area contributed by atoms with Crippen molar-refractivity contribution in [3.63, 3.8) is 0 Å². The van der Waals surface area contributed by atoms with E-state index in [0.29, 0.717) is 0 Å². The Morgan fingerprint density at radius 3 is 0.593 bits per heavy atom. The van der Waals surface area contributed by atoms with Crippen LogP contribution in [0.4, 0.5) is 0 Å². The molecule has 0 aliphatic heterocycles. The molecule has 5 heteroatoms. The molecule has 0 saturated carbocycles. The van der Waals surface area contributed by atoms with Gasteiger partial charge in [-0.25, -0.2) is 0 Å². The molecule has 0 aromatic heterocycles. The van der Waals surface area contributed by atoms with Gasteiger partial charge >= 0.3 is 27.3 Å². The Kier molecular flexibility index (Phi) is 12.4. The first kappa shape index (κ1) is 31.0. The van der Waals surface area contributed by atoms with E-state index in [9.17, 15) is 19.2 Å². The van der Waals surface area contributed by atoms with Crippen molar-refractivity contribution in [2.45, 2.75) is 83.1 Å². The van der Waals surface area contributed by atoms with Crippen LogP contribution in [0, 0.1) is 34.5 Å². The number of carbonyl (C=O) groups is 4. The maximum Gasteiger partial charge on any atom is 2.00 e. The van der Waals surface area contributed by atoms with E-state index in [1.165, 1.54) is 12.8 Å². The standard InChI is InChI=1S/2C11H19O2.Pb/c2*1-10(2,3)8(12)7-9(13)11(4,5)6;/h2*7H,1-6H3;/q2*-1;+2. The zero-order chi connectivity index (χ0) is 21.7. The summed E-state index contributed by atoms with van der Waals surface area (Å²) in [4.78, 5) is 45.8. The number of hydrogen-bond donors (Lipinski definition) is 0. The molecular formula is C22H38O4Pb. The first-order valence-corrected chi connectivity index (χ1v) is 8.97. The molecular weight excluding hydrogens is 535 g/mol. The van der Waals surface area contributed by atoms with Crippen molar-refractivity contribution in [1.82, 2.24) is 0 Å². The predicted molar refractivity (Wildman–Crippen MR) is 112 cm³/mol. The second-order valence-electron chi connectivity index (χ2n) is 10.7. The van der Waals surface area contributed by atoms with E-state index in [4.69, 9.17) is 0 Å². The van der Waals surface area contributed by atoms with Gasteiger partial charge in [0.05, 0.1) is 0 Å². The Labute approximate surface area is 186 Å². The molecule has 0 heterocycles. The van der Waals surface area contributed by atoms with Crippen LogP contribution < -0.4 is 0 Å². The van der Waals surface area contributed by atoms with E-state index in [0.717, 1.165) is 0 Å². The van der Waals surface area contributed by atoms with Crippen LogP contribution in [-0.2, 0) is 19.2 Å². The van der Waals surface area contributed by atoms with Gasteiger partial charge < -0.3 is 19.2 Å². The van der Waals surface area contributed by atoms with Crippen molar-refractivity contribution in [3.05, 3.63) is 12.8 Å². The van der Waals surface area contributed by atoms with Gasteiger partial charge in [-0.3, -0.25) is 12.8 Å². The van der Waals surface area contributed by atoms with Gasteiger partial charge in [0, 0.05) is 23.1 Å². The average Bonchev–Trinajstić information content (AvgIpc) is 2.34. The molecule has 0 aliphatic carbocycles. The van der Waals surface area contributed by atoms with Crippen LogP contribution in [0.1, 0.15) is 83.1 Å². The minimum Gasteiger partial charge on any atom is -0.333 e. The van der Waals surface area contributed by atoms with Gasteiger partial charge in [-0.1, -0.05) is 83.1 Å². The zero-order valence-electron chi connectivity index (χ0n) is 19.3. The van der Waals surface area contributed by atoms with Crippen molar-refractivity contribution in [2.75, 3.05) is 0 Å². The second-order valence-corrected chi connectivity index (χ2v) is 10.7. The summed E-state index contributed by atoms with van der Waals surface area (Å²) in [6.07, 6.45) is 2.44. The van der Waals surface area contributed by atoms with Gasteiger partial charge in [0.2, 0.25) is 0 Å². The van der Waals surface area contributed by atoms with Gasteiger partial charge in [-0.2, -0.15) is 0 Å². The maximum absolute atomic E-state index is 11.4. The van der Waals surface area contributed by atoms with E-state index >= 15 is 0 Å². The molecule has 0 N–H and O–H groups in total. The first-order valence-electron chi connectivity index (χ1n) is 8.97. The van der Waals surface area contributed by atoms with Crippen molar-refractivity contribution in [3.8, 4) is 0 Å². The molecule has 0 aromatic carbocycles. The Morgan fingerprint density at radius 2 is 0.519 bits per heavy atom. The van der Waals surface area contributed by atoms with Gasteiger partial charge in [0.15, 0.2) is 0 Å². The smallest absolute Gasteiger partial charge is 0.333 e. The summed E-state index contributed by atoms with van der Waals surface area (Å²) in [5.41, 5.74) is -1.83. The third-order valence-electron chi connectivity index (χ3n) is 3.48. The van der Waals surface area contributed by atoms with Gasteiger partial charge in [0.1, 0.15) is 0 Å². The molecule has 4 nitrogen and oxygen atoms in total. The Balaban J connectivity index is -0.000000411. The van der Waals surface area contributed by atoms with Gasteiger partial charge in [-0.15, -0.1) is 0 Å². The number of ketones is 4. The molecule has 0 rings (SSSR count). The molecule has 0 amide bonds. The molecule has 2 radical (unpaired) electrons.